The van der Waals surface area contributed by atoms with E-state index in [0.717, 1.165) is 5.75 Å². The summed E-state index contributed by atoms with van der Waals surface area (Å²) in [4.78, 5) is 12.2. The van der Waals surface area contributed by atoms with Crippen LogP contribution in [0, 0.1) is 0 Å². The van der Waals surface area contributed by atoms with Gasteiger partial charge >= 0.3 is 5.97 Å². The molecule has 1 aromatic rings. The van der Waals surface area contributed by atoms with Crippen LogP contribution in [0.5, 0.6) is 0 Å². The number of thioether (sulfide) groups is 1. The normalized spacial score (nSPS) is 11.6. The number of aromatic nitrogens is 2. The summed E-state index contributed by atoms with van der Waals surface area (Å²) in [5.41, 5.74) is 0. The van der Waals surface area contributed by atoms with Gasteiger partial charge in [-0.3, -0.25) is 9.48 Å². The minimum Gasteiger partial charge on any atom is -0.469 e. The highest BCUT2D eigenvalue weighted by Gasteiger charge is 2.24. The van der Waals surface area contributed by atoms with E-state index in [-0.39, 0.29) is 5.97 Å². The van der Waals surface area contributed by atoms with Crippen molar-refractivity contribution in [1.29, 1.82) is 0 Å². The van der Waals surface area contributed by atoms with Crippen LogP contribution in [0.15, 0.2) is 11.1 Å². The van der Waals surface area contributed by atoms with Crippen LogP contribution in [0.4, 0.5) is 0 Å². The van der Waals surface area contributed by atoms with Crippen molar-refractivity contribution >= 4 is 31.1 Å². The standard InChI is InChI=1S/C11H20N2O2SSi/c1-13-8-9(11(12-13)17(3,4)5)16-7-6-10(14)15-2/h8H,6-7H2,1-5H3. The lowest BCUT2D eigenvalue weighted by atomic mass is 10.5. The van der Waals surface area contributed by atoms with Gasteiger partial charge in [-0.2, -0.15) is 5.10 Å². The number of hydrogen-bond acceptors (Lipinski definition) is 4. The van der Waals surface area contributed by atoms with Gasteiger partial charge in [-0.05, 0) is 0 Å². The zero-order chi connectivity index (χ0) is 13.1. The van der Waals surface area contributed by atoms with E-state index in [1.165, 1.54) is 17.3 Å². The fourth-order valence-corrected chi connectivity index (χ4v) is 4.73. The first-order valence-corrected chi connectivity index (χ1v) is 10.1. The summed E-state index contributed by atoms with van der Waals surface area (Å²) in [5.74, 6) is 0.589. The Morgan fingerprint density at radius 3 is 2.71 bits per heavy atom. The number of hydrogen-bond donors (Lipinski definition) is 0. The quantitative estimate of drug-likeness (QED) is 0.464. The number of carbonyl (C=O) groups excluding carboxylic acids is 1. The Labute approximate surface area is 108 Å². The van der Waals surface area contributed by atoms with Crippen molar-refractivity contribution in [2.45, 2.75) is 31.0 Å². The molecular formula is C11H20N2O2SSi. The van der Waals surface area contributed by atoms with E-state index in [2.05, 4.69) is 29.5 Å². The third-order valence-corrected chi connectivity index (χ3v) is 5.29. The highest BCUT2D eigenvalue weighted by molar-refractivity contribution is 7.99. The molecule has 17 heavy (non-hydrogen) atoms. The number of nitrogens with zero attached hydrogens (tertiary/aromatic N) is 2. The lowest BCUT2D eigenvalue weighted by Gasteiger charge is -2.14. The number of carbonyl (C=O) groups is 1. The van der Waals surface area contributed by atoms with Crippen LogP contribution >= 0.6 is 11.8 Å². The van der Waals surface area contributed by atoms with Crippen LogP contribution in [0.25, 0.3) is 0 Å². The second-order valence-corrected chi connectivity index (χ2v) is 11.1. The number of aryl methyl sites for hydroxylation is 1. The molecule has 0 fully saturated rings. The van der Waals surface area contributed by atoms with Gasteiger partial charge in [0, 0.05) is 23.9 Å². The molecule has 96 valence electrons. The summed E-state index contributed by atoms with van der Waals surface area (Å²) in [5, 5.41) is 5.76. The van der Waals surface area contributed by atoms with Crippen LogP contribution < -0.4 is 5.32 Å². The van der Waals surface area contributed by atoms with Crippen LogP contribution in [0.1, 0.15) is 6.42 Å². The average molecular weight is 272 g/mol. The molecule has 0 saturated heterocycles. The van der Waals surface area contributed by atoms with Crippen molar-refractivity contribution in [2.24, 2.45) is 7.05 Å². The maximum Gasteiger partial charge on any atom is 0.306 e. The molecule has 0 aliphatic carbocycles. The van der Waals surface area contributed by atoms with Gasteiger partial charge in [-0.1, -0.05) is 19.6 Å². The first-order valence-electron chi connectivity index (χ1n) is 5.58. The van der Waals surface area contributed by atoms with Gasteiger partial charge in [-0.15, -0.1) is 11.8 Å². The second-order valence-electron chi connectivity index (χ2n) is 4.94. The van der Waals surface area contributed by atoms with Crippen molar-refractivity contribution in [1.82, 2.24) is 9.78 Å². The minimum absolute atomic E-state index is 0.157. The Morgan fingerprint density at radius 2 is 2.18 bits per heavy atom. The SMILES string of the molecule is COC(=O)CCSc1cn(C)nc1[Si](C)(C)C. The molecule has 1 aromatic heterocycles. The fourth-order valence-electron chi connectivity index (χ4n) is 1.44. The number of ether oxygens (including phenoxy) is 1. The molecule has 0 atom stereocenters. The van der Waals surface area contributed by atoms with E-state index in [0.29, 0.717) is 6.42 Å². The third-order valence-electron chi connectivity index (χ3n) is 2.30. The van der Waals surface area contributed by atoms with E-state index < -0.39 is 8.07 Å². The van der Waals surface area contributed by atoms with Crippen molar-refractivity contribution in [3.05, 3.63) is 6.20 Å². The number of rotatable bonds is 5. The Morgan fingerprint density at radius 1 is 1.53 bits per heavy atom. The highest BCUT2D eigenvalue weighted by Crippen LogP contribution is 2.19. The van der Waals surface area contributed by atoms with Gasteiger partial charge in [-0.25, -0.2) is 0 Å². The molecule has 0 N–H and O–H groups in total. The molecular weight excluding hydrogens is 252 g/mol. The predicted octanol–water partition coefficient (Wildman–Crippen LogP) is 1.62. The minimum atomic E-state index is -1.41. The third kappa shape index (κ3) is 4.20. The maximum absolute atomic E-state index is 11.0. The van der Waals surface area contributed by atoms with Gasteiger partial charge in [0.05, 0.1) is 18.8 Å². The molecule has 1 heterocycles. The zero-order valence-electron chi connectivity index (χ0n) is 11.1. The van der Waals surface area contributed by atoms with Gasteiger partial charge in [0.1, 0.15) is 8.07 Å². The molecule has 0 aliphatic heterocycles. The molecule has 0 bridgehead atoms. The van der Waals surface area contributed by atoms with Crippen LogP contribution in [0.3, 0.4) is 0 Å². The summed E-state index contributed by atoms with van der Waals surface area (Å²) in [6.07, 6.45) is 2.48. The van der Waals surface area contributed by atoms with E-state index in [4.69, 9.17) is 0 Å². The first kappa shape index (κ1) is 14.3. The summed E-state index contributed by atoms with van der Waals surface area (Å²) in [7, 11) is 1.95. The Bertz CT molecular complexity index is 399. The lowest BCUT2D eigenvalue weighted by Crippen LogP contribution is -2.40. The Hall–Kier alpha value is -0.753. The first-order chi connectivity index (χ1) is 7.84. The van der Waals surface area contributed by atoms with E-state index in [1.54, 1.807) is 11.8 Å². The molecule has 0 amide bonds. The molecule has 0 saturated carbocycles. The largest absolute Gasteiger partial charge is 0.469 e. The molecule has 0 spiro atoms. The molecule has 0 unspecified atom stereocenters. The summed E-state index contributed by atoms with van der Waals surface area (Å²) in [6.45, 7) is 6.83. The molecule has 0 aliphatic rings. The summed E-state index contributed by atoms with van der Waals surface area (Å²) < 4.78 is 6.48. The van der Waals surface area contributed by atoms with Gasteiger partial charge in [0.2, 0.25) is 0 Å². The van der Waals surface area contributed by atoms with E-state index in [9.17, 15) is 4.79 Å². The molecule has 1 rings (SSSR count). The van der Waals surface area contributed by atoms with Gasteiger partial charge in [0.25, 0.3) is 0 Å². The average Bonchev–Trinajstić information content (AvgIpc) is 2.59. The Balaban J connectivity index is 2.68. The van der Waals surface area contributed by atoms with Gasteiger partial charge < -0.3 is 4.74 Å². The molecule has 0 radical (unpaired) electrons. The van der Waals surface area contributed by atoms with E-state index >= 15 is 0 Å². The lowest BCUT2D eigenvalue weighted by molar-refractivity contribution is -0.140. The van der Waals surface area contributed by atoms with E-state index in [1.807, 2.05) is 17.9 Å². The molecule has 4 nitrogen and oxygen atoms in total. The monoisotopic (exact) mass is 272 g/mol. The second kappa shape index (κ2) is 5.73. The maximum atomic E-state index is 11.0. The van der Waals surface area contributed by atoms with Gasteiger partial charge in [0.15, 0.2) is 0 Å². The van der Waals surface area contributed by atoms with Crippen molar-refractivity contribution in [2.75, 3.05) is 12.9 Å². The Kier molecular flexibility index (Phi) is 4.82. The van der Waals surface area contributed by atoms with Crippen LogP contribution in [0.2, 0.25) is 19.6 Å². The number of esters is 1. The zero-order valence-corrected chi connectivity index (χ0v) is 12.9. The summed E-state index contributed by atoms with van der Waals surface area (Å²) >= 11 is 1.69. The summed E-state index contributed by atoms with van der Waals surface area (Å²) in [6, 6.07) is 0. The molecule has 6 heteroatoms. The van der Waals surface area contributed by atoms with Crippen molar-refractivity contribution < 1.29 is 9.53 Å². The van der Waals surface area contributed by atoms with Crippen molar-refractivity contribution in [3.8, 4) is 0 Å². The van der Waals surface area contributed by atoms with Crippen LogP contribution in [-0.2, 0) is 16.6 Å². The molecule has 0 aromatic carbocycles. The van der Waals surface area contributed by atoms with Crippen molar-refractivity contribution in [3.63, 3.8) is 0 Å². The number of methoxy groups -OCH3 is 1. The topological polar surface area (TPSA) is 44.1 Å². The fraction of sp³-hybridized carbons (Fsp3) is 0.636. The smallest absolute Gasteiger partial charge is 0.306 e. The predicted molar refractivity (Wildman–Crippen MR) is 73.5 cm³/mol. The van der Waals surface area contributed by atoms with Crippen LogP contribution in [-0.4, -0.2) is 36.7 Å². The highest BCUT2D eigenvalue weighted by atomic mass is 32.2.